The maximum Gasteiger partial charge on any atom is 0.411 e. The van der Waals surface area contributed by atoms with E-state index < -0.39 is 23.9 Å². The van der Waals surface area contributed by atoms with Crippen LogP contribution in [0.25, 0.3) is 17.1 Å². The predicted molar refractivity (Wildman–Crippen MR) is 155 cm³/mol. The fourth-order valence-corrected chi connectivity index (χ4v) is 5.02. The number of anilines is 2. The molecule has 1 aliphatic heterocycles. The molecule has 3 amide bonds. The van der Waals surface area contributed by atoms with Gasteiger partial charge in [-0.25, -0.2) is 19.2 Å². The highest BCUT2D eigenvalue weighted by molar-refractivity contribution is 6.30. The monoisotopic (exact) mass is 593 g/mol. The molecule has 0 radical (unpaired) electrons. The van der Waals surface area contributed by atoms with E-state index in [-0.39, 0.29) is 28.2 Å². The van der Waals surface area contributed by atoms with Crippen LogP contribution < -0.4 is 16.0 Å². The fourth-order valence-electron chi connectivity index (χ4n) is 4.85. The van der Waals surface area contributed by atoms with Crippen molar-refractivity contribution in [1.29, 1.82) is 0 Å². The van der Waals surface area contributed by atoms with Crippen molar-refractivity contribution in [3.8, 4) is 17.1 Å². The number of rotatable bonds is 4. The zero-order valence-electron chi connectivity index (χ0n) is 23.1. The van der Waals surface area contributed by atoms with E-state index in [9.17, 15) is 18.8 Å². The number of aromatic amines is 1. The van der Waals surface area contributed by atoms with Crippen LogP contribution in [0.2, 0.25) is 5.02 Å². The van der Waals surface area contributed by atoms with Gasteiger partial charge in [-0.2, -0.15) is 0 Å². The SMILES string of the molecule is COC(=O)Nc1ccc2c(c1)NC(=O)C(C)CCC[C@@H](NC(=O)c1ncn(-c3cccc(Cl)c3F)c1C)c1cnc-2[nH]1. The van der Waals surface area contributed by atoms with Crippen molar-refractivity contribution in [1.82, 2.24) is 24.8 Å². The standard InChI is InChI=1S/C29H29ClFN7O4/c1-15-6-4-8-20(36-28(40)25-16(2)38(14-33-25)23-9-5-7-19(30)24(23)31)22-13-32-26(35-22)18-11-10-17(34-29(41)42-3)12-21(18)37-27(15)39/h5,7,9-15,20H,4,6,8H2,1-3H3,(H,32,35)(H,34,41)(H,36,40)(H,37,39)/t15?,20-/m1/s1. The van der Waals surface area contributed by atoms with Crippen LogP contribution in [0.1, 0.15) is 54.1 Å². The molecule has 13 heteroatoms. The summed E-state index contributed by atoms with van der Waals surface area (Å²) in [6.45, 7) is 3.51. The van der Waals surface area contributed by atoms with Crippen molar-refractivity contribution < 1.29 is 23.5 Å². The number of H-pyrrole nitrogens is 1. The zero-order chi connectivity index (χ0) is 30.0. The van der Waals surface area contributed by atoms with Gasteiger partial charge in [-0.3, -0.25) is 19.5 Å². The van der Waals surface area contributed by atoms with Crippen LogP contribution in [0.15, 0.2) is 48.9 Å². The van der Waals surface area contributed by atoms with E-state index in [2.05, 4.69) is 35.6 Å². The molecule has 42 heavy (non-hydrogen) atoms. The average molecular weight is 594 g/mol. The first-order valence-electron chi connectivity index (χ1n) is 13.3. The van der Waals surface area contributed by atoms with Crippen LogP contribution in [-0.4, -0.2) is 44.5 Å². The Morgan fingerprint density at radius 1 is 1.19 bits per heavy atom. The molecule has 2 aromatic heterocycles. The third-order valence-electron chi connectivity index (χ3n) is 7.23. The van der Waals surface area contributed by atoms with Crippen molar-refractivity contribution in [3.63, 3.8) is 0 Å². The Kier molecular flexibility index (Phi) is 8.25. The summed E-state index contributed by atoms with van der Waals surface area (Å²) in [4.78, 5) is 50.2. The number of amides is 3. The van der Waals surface area contributed by atoms with Gasteiger partial charge in [0.2, 0.25) is 5.91 Å². The Hall–Kier alpha value is -4.71. The number of fused-ring (bicyclic) bond motifs is 4. The van der Waals surface area contributed by atoms with E-state index >= 15 is 0 Å². The summed E-state index contributed by atoms with van der Waals surface area (Å²) >= 11 is 5.95. The number of methoxy groups -OCH3 is 1. The molecular formula is C29H29ClFN7O4. The molecule has 1 aliphatic rings. The van der Waals surface area contributed by atoms with Gasteiger partial charge >= 0.3 is 6.09 Å². The lowest BCUT2D eigenvalue weighted by Crippen LogP contribution is -2.30. The second kappa shape index (κ2) is 12.0. The molecule has 218 valence electrons. The number of carbonyl (C=O) groups excluding carboxylic acids is 3. The van der Waals surface area contributed by atoms with Gasteiger partial charge in [0.05, 0.1) is 47.1 Å². The molecule has 0 saturated carbocycles. The quantitative estimate of drug-likeness (QED) is 0.236. The normalized spacial score (nSPS) is 16.8. The van der Waals surface area contributed by atoms with Crippen molar-refractivity contribution in [3.05, 3.63) is 76.8 Å². The number of hydrogen-bond donors (Lipinski definition) is 4. The molecule has 3 heterocycles. The lowest BCUT2D eigenvalue weighted by atomic mass is 9.98. The predicted octanol–water partition coefficient (Wildman–Crippen LogP) is 5.77. The van der Waals surface area contributed by atoms with Crippen molar-refractivity contribution in [2.45, 2.75) is 39.2 Å². The van der Waals surface area contributed by atoms with E-state index in [1.807, 2.05) is 6.92 Å². The van der Waals surface area contributed by atoms with Crippen LogP contribution >= 0.6 is 11.6 Å². The molecule has 2 atom stereocenters. The second-order valence-corrected chi connectivity index (χ2v) is 10.4. The van der Waals surface area contributed by atoms with E-state index in [0.717, 1.165) is 0 Å². The third kappa shape index (κ3) is 5.84. The molecule has 2 aromatic carbocycles. The highest BCUT2D eigenvalue weighted by atomic mass is 35.5. The second-order valence-electron chi connectivity index (χ2n) is 10.0. The van der Waals surface area contributed by atoms with Gasteiger partial charge in [0, 0.05) is 17.2 Å². The summed E-state index contributed by atoms with van der Waals surface area (Å²) in [5, 5.41) is 8.54. The number of carbonyl (C=O) groups is 3. The van der Waals surface area contributed by atoms with Gasteiger partial charge in [0.15, 0.2) is 5.82 Å². The molecule has 4 N–H and O–H groups in total. The number of halogens is 2. The van der Waals surface area contributed by atoms with E-state index in [4.69, 9.17) is 11.6 Å². The topological polar surface area (TPSA) is 143 Å². The Morgan fingerprint density at radius 3 is 2.79 bits per heavy atom. The van der Waals surface area contributed by atoms with Crippen molar-refractivity contribution >= 4 is 40.9 Å². The van der Waals surface area contributed by atoms with Crippen molar-refractivity contribution in [2.75, 3.05) is 17.7 Å². The maximum absolute atomic E-state index is 14.7. The summed E-state index contributed by atoms with van der Waals surface area (Å²) in [7, 11) is 1.26. The van der Waals surface area contributed by atoms with Crippen molar-refractivity contribution in [2.24, 2.45) is 5.92 Å². The first-order valence-corrected chi connectivity index (χ1v) is 13.7. The minimum atomic E-state index is -0.639. The zero-order valence-corrected chi connectivity index (χ0v) is 23.9. The van der Waals surface area contributed by atoms with Gasteiger partial charge < -0.3 is 20.4 Å². The molecule has 0 saturated heterocycles. The molecule has 0 fully saturated rings. The Bertz CT molecular complexity index is 1670. The highest BCUT2D eigenvalue weighted by Crippen LogP contribution is 2.32. The Balaban J connectivity index is 1.45. The van der Waals surface area contributed by atoms with Crippen LogP contribution in [-0.2, 0) is 9.53 Å². The molecule has 0 spiro atoms. The summed E-state index contributed by atoms with van der Waals surface area (Å²) in [5.74, 6) is -1.09. The lowest BCUT2D eigenvalue weighted by Gasteiger charge is -2.20. The number of nitrogens with one attached hydrogen (secondary N) is 4. The van der Waals surface area contributed by atoms with Crippen LogP contribution in [0.4, 0.5) is 20.6 Å². The summed E-state index contributed by atoms with van der Waals surface area (Å²) in [6.07, 6.45) is 4.11. The van der Waals surface area contributed by atoms with Gasteiger partial charge in [0.1, 0.15) is 17.8 Å². The fraction of sp³-hybridized carbons (Fsp3) is 0.276. The van der Waals surface area contributed by atoms with Crippen LogP contribution in [0, 0.1) is 18.7 Å². The molecule has 0 aliphatic carbocycles. The molecule has 5 rings (SSSR count). The molecule has 2 bridgehead atoms. The third-order valence-corrected chi connectivity index (χ3v) is 7.52. The smallest absolute Gasteiger partial charge is 0.411 e. The first-order chi connectivity index (χ1) is 20.2. The van der Waals surface area contributed by atoms with Gasteiger partial charge in [-0.15, -0.1) is 0 Å². The Morgan fingerprint density at radius 2 is 2.00 bits per heavy atom. The number of aromatic nitrogens is 4. The van der Waals surface area contributed by atoms with E-state index in [0.29, 0.717) is 53.4 Å². The Labute approximate surface area is 245 Å². The van der Waals surface area contributed by atoms with E-state index in [1.54, 1.807) is 43.5 Å². The lowest BCUT2D eigenvalue weighted by molar-refractivity contribution is -0.119. The summed E-state index contributed by atoms with van der Waals surface area (Å²) in [6, 6.07) is 9.18. The average Bonchev–Trinajstić information content (AvgIpc) is 3.60. The first kappa shape index (κ1) is 28.8. The number of nitrogens with zero attached hydrogens (tertiary/aromatic N) is 3. The molecule has 1 unspecified atom stereocenters. The number of benzene rings is 2. The van der Waals surface area contributed by atoms with Crippen LogP contribution in [0.5, 0.6) is 0 Å². The number of hydrogen-bond acceptors (Lipinski definition) is 6. The van der Waals surface area contributed by atoms with Gasteiger partial charge in [-0.1, -0.05) is 31.0 Å². The number of ether oxygens (including phenoxy) is 1. The highest BCUT2D eigenvalue weighted by Gasteiger charge is 2.25. The minimum absolute atomic E-state index is 0.0321. The summed E-state index contributed by atoms with van der Waals surface area (Å²) < 4.78 is 20.8. The summed E-state index contributed by atoms with van der Waals surface area (Å²) in [5.41, 5.74) is 2.93. The largest absolute Gasteiger partial charge is 0.453 e. The number of imidazole rings is 2. The molecule has 11 nitrogen and oxygen atoms in total. The van der Waals surface area contributed by atoms with Gasteiger partial charge in [-0.05, 0) is 50.1 Å². The van der Waals surface area contributed by atoms with Crippen LogP contribution in [0.3, 0.4) is 0 Å². The molecular weight excluding hydrogens is 565 g/mol. The molecule has 4 aromatic rings. The minimum Gasteiger partial charge on any atom is -0.453 e. The van der Waals surface area contributed by atoms with E-state index in [1.165, 1.54) is 24.1 Å². The van der Waals surface area contributed by atoms with Gasteiger partial charge in [0.25, 0.3) is 5.91 Å². The maximum atomic E-state index is 14.7.